The maximum Gasteiger partial charge on any atom is 0.287 e. The van der Waals surface area contributed by atoms with Crippen LogP contribution in [-0.4, -0.2) is 15.5 Å². The molecule has 0 bridgehead atoms. The van der Waals surface area contributed by atoms with Gasteiger partial charge in [0.2, 0.25) is 0 Å². The number of nitrogens with zero attached hydrogens (tertiary/aromatic N) is 2. The van der Waals surface area contributed by atoms with Gasteiger partial charge < -0.3 is 4.74 Å². The van der Waals surface area contributed by atoms with Gasteiger partial charge in [-0.25, -0.2) is 0 Å². The highest BCUT2D eigenvalue weighted by atomic mass is 16.6. The van der Waals surface area contributed by atoms with Gasteiger partial charge in [-0.2, -0.15) is 0 Å². The summed E-state index contributed by atoms with van der Waals surface area (Å²) in [5.41, 5.74) is 1.52. The summed E-state index contributed by atoms with van der Waals surface area (Å²) in [5, 5.41) is 10.5. The van der Waals surface area contributed by atoms with E-state index in [4.69, 9.17) is 4.74 Å². The second kappa shape index (κ2) is 3.27. The van der Waals surface area contributed by atoms with Crippen LogP contribution >= 0.6 is 0 Å². The lowest BCUT2D eigenvalue weighted by molar-refractivity contribution is -0.385. The average molecular weight is 208 g/mol. The molecule has 0 saturated heterocycles. The van der Waals surface area contributed by atoms with Crippen LogP contribution in [0.3, 0.4) is 0 Å². The molecule has 2 rings (SSSR count). The van der Waals surface area contributed by atoms with E-state index >= 15 is 0 Å². The summed E-state index contributed by atoms with van der Waals surface area (Å²) >= 11 is 0. The van der Waals surface area contributed by atoms with Gasteiger partial charge in [0.25, 0.3) is 5.69 Å². The van der Waals surface area contributed by atoms with Gasteiger partial charge >= 0.3 is 0 Å². The minimum Gasteiger partial charge on any atom is -0.370 e. The fourth-order valence-electron chi connectivity index (χ4n) is 1.64. The van der Waals surface area contributed by atoms with Gasteiger partial charge in [-0.05, 0) is 13.8 Å². The molecule has 0 atom stereocenters. The maximum atomic E-state index is 10.5. The second-order valence-electron chi connectivity index (χ2n) is 4.28. The van der Waals surface area contributed by atoms with E-state index in [1.165, 1.54) is 12.3 Å². The second-order valence-corrected chi connectivity index (χ2v) is 4.28. The van der Waals surface area contributed by atoms with Gasteiger partial charge in [-0.3, -0.25) is 15.1 Å². The number of fused-ring (bicyclic) bond motifs is 1. The highest BCUT2D eigenvalue weighted by Crippen LogP contribution is 2.28. The Morgan fingerprint density at radius 2 is 2.33 bits per heavy atom. The van der Waals surface area contributed by atoms with Crippen LogP contribution < -0.4 is 0 Å². The highest BCUT2D eigenvalue weighted by Gasteiger charge is 2.28. The van der Waals surface area contributed by atoms with Crippen LogP contribution in [0.25, 0.3) is 0 Å². The van der Waals surface area contributed by atoms with Gasteiger partial charge in [0.15, 0.2) is 0 Å². The predicted molar refractivity (Wildman–Crippen MR) is 53.5 cm³/mol. The third-order valence-electron chi connectivity index (χ3n) is 2.47. The third-order valence-corrected chi connectivity index (χ3v) is 2.47. The Kier molecular flexibility index (Phi) is 2.19. The van der Waals surface area contributed by atoms with E-state index in [2.05, 4.69) is 4.98 Å². The van der Waals surface area contributed by atoms with E-state index in [0.717, 1.165) is 11.3 Å². The van der Waals surface area contributed by atoms with Crippen LogP contribution in [0.15, 0.2) is 12.3 Å². The summed E-state index contributed by atoms with van der Waals surface area (Å²) in [5.74, 6) is 0. The molecular weight excluding hydrogens is 196 g/mol. The fourth-order valence-corrected chi connectivity index (χ4v) is 1.64. The van der Waals surface area contributed by atoms with Crippen molar-refractivity contribution >= 4 is 5.69 Å². The van der Waals surface area contributed by atoms with Crippen molar-refractivity contribution in [1.82, 2.24) is 4.98 Å². The zero-order valence-electron chi connectivity index (χ0n) is 8.69. The minimum atomic E-state index is -0.437. The molecule has 0 N–H and O–H groups in total. The number of pyridine rings is 1. The van der Waals surface area contributed by atoms with Gasteiger partial charge in [-0.1, -0.05) is 0 Å². The van der Waals surface area contributed by atoms with Crippen molar-refractivity contribution in [3.8, 4) is 0 Å². The van der Waals surface area contributed by atoms with Gasteiger partial charge in [0.1, 0.15) is 6.20 Å². The molecule has 0 saturated carbocycles. The number of hydrogen-bond donors (Lipinski definition) is 0. The zero-order chi connectivity index (χ0) is 11.1. The van der Waals surface area contributed by atoms with Crippen LogP contribution in [0, 0.1) is 10.1 Å². The SMILES string of the molecule is CC1(C)Cc2ncc([N+](=O)[O-])cc2CO1. The lowest BCUT2D eigenvalue weighted by atomic mass is 9.96. The number of nitro groups is 1. The topological polar surface area (TPSA) is 65.3 Å². The zero-order valence-corrected chi connectivity index (χ0v) is 8.69. The standard InChI is InChI=1S/C10H12N2O3/c1-10(2)4-9-7(6-15-10)3-8(5-11-9)12(13)14/h3,5H,4,6H2,1-2H3. The van der Waals surface area contributed by atoms with Crippen LogP contribution in [0.2, 0.25) is 0 Å². The molecule has 0 aromatic carbocycles. The minimum absolute atomic E-state index is 0.0251. The first kappa shape index (κ1) is 10.0. The molecule has 2 heterocycles. The average Bonchev–Trinajstić information content (AvgIpc) is 2.15. The Hall–Kier alpha value is -1.49. The van der Waals surface area contributed by atoms with Gasteiger partial charge in [0, 0.05) is 23.7 Å². The molecule has 0 aliphatic carbocycles. The summed E-state index contributed by atoms with van der Waals surface area (Å²) in [6, 6.07) is 1.54. The molecule has 0 amide bonds. The van der Waals surface area contributed by atoms with E-state index in [9.17, 15) is 10.1 Å². The van der Waals surface area contributed by atoms with E-state index < -0.39 is 4.92 Å². The van der Waals surface area contributed by atoms with Crippen LogP contribution in [-0.2, 0) is 17.8 Å². The summed E-state index contributed by atoms with van der Waals surface area (Å²) < 4.78 is 5.56. The predicted octanol–water partition coefficient (Wildman–Crippen LogP) is 1.84. The van der Waals surface area contributed by atoms with Crippen molar-refractivity contribution in [3.05, 3.63) is 33.6 Å². The van der Waals surface area contributed by atoms with Gasteiger partial charge in [0.05, 0.1) is 17.1 Å². The van der Waals surface area contributed by atoms with Crippen molar-refractivity contribution in [3.63, 3.8) is 0 Å². The number of ether oxygens (including phenoxy) is 1. The van der Waals surface area contributed by atoms with Crippen molar-refractivity contribution in [2.24, 2.45) is 0 Å². The van der Waals surface area contributed by atoms with Crippen molar-refractivity contribution in [1.29, 1.82) is 0 Å². The smallest absolute Gasteiger partial charge is 0.287 e. The molecule has 0 fully saturated rings. The summed E-state index contributed by atoms with van der Waals surface area (Å²) in [6.45, 7) is 4.37. The monoisotopic (exact) mass is 208 g/mol. The first-order valence-corrected chi connectivity index (χ1v) is 4.74. The Bertz CT molecular complexity index is 415. The summed E-state index contributed by atoms with van der Waals surface area (Å²) in [7, 11) is 0. The van der Waals surface area contributed by atoms with E-state index in [0.29, 0.717) is 13.0 Å². The Morgan fingerprint density at radius 1 is 1.60 bits per heavy atom. The molecule has 1 aliphatic heterocycles. The van der Waals surface area contributed by atoms with Crippen molar-refractivity contribution < 1.29 is 9.66 Å². The highest BCUT2D eigenvalue weighted by molar-refractivity contribution is 5.35. The fraction of sp³-hybridized carbons (Fsp3) is 0.500. The van der Waals surface area contributed by atoms with E-state index in [1.807, 2.05) is 13.8 Å². The number of rotatable bonds is 1. The molecule has 80 valence electrons. The van der Waals surface area contributed by atoms with Crippen molar-refractivity contribution in [2.45, 2.75) is 32.5 Å². The lowest BCUT2D eigenvalue weighted by Gasteiger charge is -2.30. The molecule has 5 nitrogen and oxygen atoms in total. The largest absolute Gasteiger partial charge is 0.370 e. The summed E-state index contributed by atoms with van der Waals surface area (Å²) in [6.07, 6.45) is 2.00. The Balaban J connectivity index is 2.36. The molecule has 5 heteroatoms. The normalized spacial score (nSPS) is 18.3. The first-order chi connectivity index (χ1) is 6.98. The molecule has 0 spiro atoms. The van der Waals surface area contributed by atoms with Crippen LogP contribution in [0.5, 0.6) is 0 Å². The Morgan fingerprint density at radius 3 is 3.00 bits per heavy atom. The van der Waals surface area contributed by atoms with Crippen molar-refractivity contribution in [2.75, 3.05) is 0 Å². The Labute approximate surface area is 87.2 Å². The third kappa shape index (κ3) is 1.97. The van der Waals surface area contributed by atoms with E-state index in [-0.39, 0.29) is 11.3 Å². The molecule has 0 radical (unpaired) electrons. The molecular formula is C10H12N2O3. The summed E-state index contributed by atoms with van der Waals surface area (Å²) in [4.78, 5) is 14.2. The molecule has 0 unspecified atom stereocenters. The molecule has 1 aromatic rings. The quantitative estimate of drug-likeness (QED) is 0.521. The number of aromatic nitrogens is 1. The van der Waals surface area contributed by atoms with Gasteiger partial charge in [-0.15, -0.1) is 0 Å². The first-order valence-electron chi connectivity index (χ1n) is 4.74. The van der Waals surface area contributed by atoms with Crippen LogP contribution in [0.4, 0.5) is 5.69 Å². The molecule has 1 aromatic heterocycles. The van der Waals surface area contributed by atoms with Crippen LogP contribution in [0.1, 0.15) is 25.1 Å². The lowest BCUT2D eigenvalue weighted by Crippen LogP contribution is -2.32. The molecule has 1 aliphatic rings. The number of hydrogen-bond acceptors (Lipinski definition) is 4. The molecule has 15 heavy (non-hydrogen) atoms. The maximum absolute atomic E-state index is 10.5. The van der Waals surface area contributed by atoms with E-state index in [1.54, 1.807) is 0 Å².